The van der Waals surface area contributed by atoms with E-state index < -0.39 is 5.91 Å². The SMILES string of the molecule is CN(Cc1cccc(C#N)c1)c1cc(N)ccc1C(N)=O. The van der Waals surface area contributed by atoms with Crippen molar-refractivity contribution >= 4 is 17.3 Å². The van der Waals surface area contributed by atoms with E-state index in [2.05, 4.69) is 6.07 Å². The Morgan fingerprint density at radius 2 is 2.05 bits per heavy atom. The molecule has 5 nitrogen and oxygen atoms in total. The van der Waals surface area contributed by atoms with Crippen LogP contribution in [0, 0.1) is 11.3 Å². The predicted octanol–water partition coefficient (Wildman–Crippen LogP) is 1.88. The number of hydrogen-bond donors (Lipinski definition) is 2. The molecule has 0 spiro atoms. The molecule has 2 aromatic carbocycles. The molecule has 2 aromatic rings. The fraction of sp³-hybridized carbons (Fsp3) is 0.125. The summed E-state index contributed by atoms with van der Waals surface area (Å²) < 4.78 is 0. The summed E-state index contributed by atoms with van der Waals surface area (Å²) in [5, 5.41) is 8.93. The van der Waals surface area contributed by atoms with Gasteiger partial charge in [0.25, 0.3) is 5.91 Å². The zero-order chi connectivity index (χ0) is 15.4. The lowest BCUT2D eigenvalue weighted by Crippen LogP contribution is -2.22. The molecule has 2 rings (SSSR count). The summed E-state index contributed by atoms with van der Waals surface area (Å²) in [7, 11) is 1.85. The van der Waals surface area contributed by atoms with Gasteiger partial charge in [0.1, 0.15) is 0 Å². The van der Waals surface area contributed by atoms with Crippen molar-refractivity contribution in [1.29, 1.82) is 5.26 Å². The maximum absolute atomic E-state index is 11.5. The summed E-state index contributed by atoms with van der Waals surface area (Å²) in [5.41, 5.74) is 14.4. The normalized spacial score (nSPS) is 9.90. The smallest absolute Gasteiger partial charge is 0.250 e. The second-order valence-electron chi connectivity index (χ2n) is 4.81. The third-order valence-corrected chi connectivity index (χ3v) is 3.17. The third-order valence-electron chi connectivity index (χ3n) is 3.17. The highest BCUT2D eigenvalue weighted by atomic mass is 16.1. The number of nitrogen functional groups attached to an aromatic ring is 1. The van der Waals surface area contributed by atoms with Gasteiger partial charge in [0.05, 0.1) is 22.9 Å². The van der Waals surface area contributed by atoms with Crippen LogP contribution in [0.25, 0.3) is 0 Å². The number of carbonyl (C=O) groups is 1. The van der Waals surface area contributed by atoms with Gasteiger partial charge in [0, 0.05) is 19.3 Å². The Kier molecular flexibility index (Phi) is 4.10. The van der Waals surface area contributed by atoms with Crippen molar-refractivity contribution in [3.8, 4) is 6.07 Å². The second kappa shape index (κ2) is 5.97. The molecular formula is C16H16N4O. The molecule has 0 unspecified atom stereocenters. The zero-order valence-corrected chi connectivity index (χ0v) is 11.7. The molecule has 0 bridgehead atoms. The molecule has 0 saturated heterocycles. The highest BCUT2D eigenvalue weighted by Crippen LogP contribution is 2.24. The lowest BCUT2D eigenvalue weighted by Gasteiger charge is -2.22. The predicted molar refractivity (Wildman–Crippen MR) is 82.6 cm³/mol. The molecule has 0 atom stereocenters. The Morgan fingerprint density at radius 3 is 2.71 bits per heavy atom. The van der Waals surface area contributed by atoms with Gasteiger partial charge in [-0.25, -0.2) is 0 Å². The number of benzene rings is 2. The summed E-state index contributed by atoms with van der Waals surface area (Å²) >= 11 is 0. The fourth-order valence-electron chi connectivity index (χ4n) is 2.17. The molecule has 0 aliphatic carbocycles. The highest BCUT2D eigenvalue weighted by Gasteiger charge is 2.13. The average molecular weight is 280 g/mol. The highest BCUT2D eigenvalue weighted by molar-refractivity contribution is 5.99. The number of anilines is 2. The Morgan fingerprint density at radius 1 is 1.29 bits per heavy atom. The maximum atomic E-state index is 11.5. The number of nitriles is 1. The minimum atomic E-state index is -0.498. The average Bonchev–Trinajstić information content (AvgIpc) is 2.47. The monoisotopic (exact) mass is 280 g/mol. The van der Waals surface area contributed by atoms with Crippen molar-refractivity contribution in [2.45, 2.75) is 6.54 Å². The van der Waals surface area contributed by atoms with Gasteiger partial charge in [-0.3, -0.25) is 4.79 Å². The van der Waals surface area contributed by atoms with Crippen LogP contribution in [-0.4, -0.2) is 13.0 Å². The molecule has 0 radical (unpaired) electrons. The van der Waals surface area contributed by atoms with Crippen molar-refractivity contribution in [2.24, 2.45) is 5.73 Å². The van der Waals surface area contributed by atoms with Crippen LogP contribution in [-0.2, 0) is 6.54 Å². The summed E-state index contributed by atoms with van der Waals surface area (Å²) in [5.74, 6) is -0.498. The molecular weight excluding hydrogens is 264 g/mol. The van der Waals surface area contributed by atoms with Crippen LogP contribution < -0.4 is 16.4 Å². The van der Waals surface area contributed by atoms with E-state index in [4.69, 9.17) is 16.7 Å². The van der Waals surface area contributed by atoms with Crippen LogP contribution >= 0.6 is 0 Å². The fourth-order valence-corrected chi connectivity index (χ4v) is 2.17. The van der Waals surface area contributed by atoms with E-state index in [0.29, 0.717) is 29.0 Å². The van der Waals surface area contributed by atoms with E-state index in [1.54, 1.807) is 24.3 Å². The Hall–Kier alpha value is -3.00. The number of amides is 1. The zero-order valence-electron chi connectivity index (χ0n) is 11.7. The number of carbonyl (C=O) groups excluding carboxylic acids is 1. The van der Waals surface area contributed by atoms with Crippen LogP contribution in [0.3, 0.4) is 0 Å². The summed E-state index contributed by atoms with van der Waals surface area (Å²) in [4.78, 5) is 13.4. The minimum Gasteiger partial charge on any atom is -0.399 e. The van der Waals surface area contributed by atoms with Gasteiger partial charge < -0.3 is 16.4 Å². The standard InChI is InChI=1S/C16H16N4O/c1-20(10-12-4-2-3-11(7-12)9-17)15-8-13(18)5-6-14(15)16(19)21/h2-8H,10,18H2,1H3,(H2,19,21). The van der Waals surface area contributed by atoms with Crippen LogP contribution in [0.2, 0.25) is 0 Å². The van der Waals surface area contributed by atoms with Gasteiger partial charge in [-0.1, -0.05) is 12.1 Å². The van der Waals surface area contributed by atoms with E-state index in [-0.39, 0.29) is 0 Å². The molecule has 0 saturated carbocycles. The first-order valence-corrected chi connectivity index (χ1v) is 6.41. The van der Waals surface area contributed by atoms with E-state index in [1.165, 1.54) is 0 Å². The number of hydrogen-bond acceptors (Lipinski definition) is 4. The van der Waals surface area contributed by atoms with Crippen LogP contribution in [0.1, 0.15) is 21.5 Å². The summed E-state index contributed by atoms with van der Waals surface area (Å²) in [6.45, 7) is 0.541. The maximum Gasteiger partial charge on any atom is 0.250 e. The molecule has 5 heteroatoms. The molecule has 21 heavy (non-hydrogen) atoms. The second-order valence-corrected chi connectivity index (χ2v) is 4.81. The largest absolute Gasteiger partial charge is 0.399 e. The molecule has 1 amide bonds. The van der Waals surface area contributed by atoms with Gasteiger partial charge in [0.2, 0.25) is 0 Å². The van der Waals surface area contributed by atoms with Crippen molar-refractivity contribution in [1.82, 2.24) is 0 Å². The first kappa shape index (κ1) is 14.4. The summed E-state index contributed by atoms with van der Waals surface area (Å²) in [6.07, 6.45) is 0. The molecule has 4 N–H and O–H groups in total. The van der Waals surface area contributed by atoms with E-state index >= 15 is 0 Å². The van der Waals surface area contributed by atoms with Gasteiger partial charge in [-0.05, 0) is 35.9 Å². The van der Waals surface area contributed by atoms with Crippen LogP contribution in [0.5, 0.6) is 0 Å². The van der Waals surface area contributed by atoms with E-state index in [9.17, 15) is 4.79 Å². The Bertz CT molecular complexity index is 718. The summed E-state index contributed by atoms with van der Waals surface area (Å²) in [6, 6.07) is 14.4. The minimum absolute atomic E-state index is 0.420. The molecule has 106 valence electrons. The molecule has 0 heterocycles. The van der Waals surface area contributed by atoms with E-state index in [1.807, 2.05) is 30.1 Å². The molecule has 0 aliphatic rings. The molecule has 0 aromatic heterocycles. The van der Waals surface area contributed by atoms with Gasteiger partial charge in [-0.2, -0.15) is 5.26 Å². The third kappa shape index (κ3) is 3.31. The lowest BCUT2D eigenvalue weighted by atomic mass is 10.1. The van der Waals surface area contributed by atoms with Crippen LogP contribution in [0.15, 0.2) is 42.5 Å². The number of nitrogens with zero attached hydrogens (tertiary/aromatic N) is 2. The first-order chi connectivity index (χ1) is 10.0. The van der Waals surface area contributed by atoms with Crippen molar-refractivity contribution in [2.75, 3.05) is 17.7 Å². The topological polar surface area (TPSA) is 96.1 Å². The van der Waals surface area contributed by atoms with Crippen LogP contribution in [0.4, 0.5) is 11.4 Å². The van der Waals surface area contributed by atoms with Gasteiger partial charge >= 0.3 is 0 Å². The first-order valence-electron chi connectivity index (χ1n) is 6.41. The Balaban J connectivity index is 2.32. The number of rotatable bonds is 4. The molecule has 0 fully saturated rings. The quantitative estimate of drug-likeness (QED) is 0.836. The number of primary amides is 1. The van der Waals surface area contributed by atoms with E-state index in [0.717, 1.165) is 5.56 Å². The van der Waals surface area contributed by atoms with Crippen molar-refractivity contribution < 1.29 is 4.79 Å². The number of nitrogens with two attached hydrogens (primary N) is 2. The molecule has 0 aliphatic heterocycles. The van der Waals surface area contributed by atoms with Crippen molar-refractivity contribution in [3.05, 3.63) is 59.2 Å². The Labute approximate surface area is 123 Å². The van der Waals surface area contributed by atoms with Crippen molar-refractivity contribution in [3.63, 3.8) is 0 Å². The van der Waals surface area contributed by atoms with Gasteiger partial charge in [-0.15, -0.1) is 0 Å². The lowest BCUT2D eigenvalue weighted by molar-refractivity contribution is 0.100. The van der Waals surface area contributed by atoms with Gasteiger partial charge in [0.15, 0.2) is 0 Å².